The van der Waals surface area contributed by atoms with Gasteiger partial charge in [-0.3, -0.25) is 0 Å². The quantitative estimate of drug-likeness (QED) is 0.788. The number of rotatable bonds is 1. The van der Waals surface area contributed by atoms with E-state index in [4.69, 9.17) is 0 Å². The molecular weight excluding hydrogens is 204 g/mol. The molecule has 2 heteroatoms. The van der Waals surface area contributed by atoms with Gasteiger partial charge in [0.2, 0.25) is 0 Å². The number of benzene rings is 1. The molecule has 1 aliphatic rings. The standard InChI is InChI=1S/C13H18OS/c1-10-3-5-12(6-4-10)13(14)8-7-11(2)15-9-13/h3-6,11,14H,7-9H2,1-2H3/t11-,13+/m1/s1. The summed E-state index contributed by atoms with van der Waals surface area (Å²) in [5.74, 6) is 0.831. The Morgan fingerprint density at radius 3 is 2.53 bits per heavy atom. The lowest BCUT2D eigenvalue weighted by molar-refractivity contribution is 0.0471. The Morgan fingerprint density at radius 1 is 1.33 bits per heavy atom. The van der Waals surface area contributed by atoms with Crippen molar-refractivity contribution in [3.63, 3.8) is 0 Å². The van der Waals surface area contributed by atoms with Crippen LogP contribution < -0.4 is 0 Å². The van der Waals surface area contributed by atoms with Crippen molar-refractivity contribution in [1.82, 2.24) is 0 Å². The third-order valence-electron chi connectivity index (χ3n) is 3.16. The summed E-state index contributed by atoms with van der Waals surface area (Å²) in [6.45, 7) is 4.31. The van der Waals surface area contributed by atoms with Crippen LogP contribution >= 0.6 is 11.8 Å². The molecule has 0 amide bonds. The zero-order valence-corrected chi connectivity index (χ0v) is 10.2. The molecule has 1 nitrogen and oxygen atoms in total. The fourth-order valence-corrected chi connectivity index (χ4v) is 3.12. The molecule has 2 atom stereocenters. The van der Waals surface area contributed by atoms with Gasteiger partial charge in [-0.1, -0.05) is 36.8 Å². The van der Waals surface area contributed by atoms with Crippen molar-refractivity contribution in [1.29, 1.82) is 0 Å². The van der Waals surface area contributed by atoms with Crippen molar-refractivity contribution in [3.8, 4) is 0 Å². The minimum Gasteiger partial charge on any atom is -0.384 e. The van der Waals surface area contributed by atoms with Crippen LogP contribution in [0.15, 0.2) is 24.3 Å². The number of hydrogen-bond acceptors (Lipinski definition) is 2. The van der Waals surface area contributed by atoms with Crippen LogP contribution in [0.5, 0.6) is 0 Å². The smallest absolute Gasteiger partial charge is 0.0987 e. The summed E-state index contributed by atoms with van der Waals surface area (Å²) in [5.41, 5.74) is 1.73. The van der Waals surface area contributed by atoms with Crippen LogP contribution in [0.2, 0.25) is 0 Å². The number of hydrogen-bond donors (Lipinski definition) is 1. The minimum absolute atomic E-state index is 0.592. The lowest BCUT2D eigenvalue weighted by atomic mass is 9.89. The first-order valence-corrected chi connectivity index (χ1v) is 6.56. The molecule has 0 aliphatic carbocycles. The molecule has 1 fully saturated rings. The van der Waals surface area contributed by atoms with Crippen molar-refractivity contribution >= 4 is 11.8 Å². The molecule has 2 rings (SSSR count). The van der Waals surface area contributed by atoms with Gasteiger partial charge in [0.1, 0.15) is 0 Å². The highest BCUT2D eigenvalue weighted by molar-refractivity contribution is 7.99. The molecule has 0 bridgehead atoms. The van der Waals surface area contributed by atoms with E-state index in [1.165, 1.54) is 5.56 Å². The van der Waals surface area contributed by atoms with Gasteiger partial charge < -0.3 is 5.11 Å². The predicted octanol–water partition coefficient (Wildman–Crippen LogP) is 3.10. The summed E-state index contributed by atoms with van der Waals surface area (Å²) in [7, 11) is 0. The molecule has 0 saturated carbocycles. The van der Waals surface area contributed by atoms with Gasteiger partial charge in [0, 0.05) is 11.0 Å². The van der Waals surface area contributed by atoms with E-state index in [0.717, 1.165) is 24.2 Å². The average Bonchev–Trinajstić information content (AvgIpc) is 2.24. The van der Waals surface area contributed by atoms with Gasteiger partial charge in [-0.25, -0.2) is 0 Å². The molecule has 1 heterocycles. The summed E-state index contributed by atoms with van der Waals surface area (Å²) < 4.78 is 0. The zero-order chi connectivity index (χ0) is 10.9. The van der Waals surface area contributed by atoms with Crippen LogP contribution in [0.25, 0.3) is 0 Å². The first kappa shape index (κ1) is 11.0. The van der Waals surface area contributed by atoms with Crippen LogP contribution in [0.3, 0.4) is 0 Å². The van der Waals surface area contributed by atoms with Gasteiger partial charge in [-0.15, -0.1) is 0 Å². The van der Waals surface area contributed by atoms with Crippen LogP contribution in [-0.2, 0) is 5.60 Å². The molecule has 1 aromatic rings. The molecule has 0 spiro atoms. The zero-order valence-electron chi connectivity index (χ0n) is 9.36. The first-order chi connectivity index (χ1) is 7.10. The maximum atomic E-state index is 10.5. The SMILES string of the molecule is Cc1ccc([C@]2(O)CC[C@@H](C)SC2)cc1. The Hall–Kier alpha value is -0.470. The lowest BCUT2D eigenvalue weighted by Gasteiger charge is -2.35. The highest BCUT2D eigenvalue weighted by atomic mass is 32.2. The molecule has 0 unspecified atom stereocenters. The van der Waals surface area contributed by atoms with Crippen molar-refractivity contribution in [2.75, 3.05) is 5.75 Å². The Bertz CT molecular complexity index is 323. The molecule has 82 valence electrons. The van der Waals surface area contributed by atoms with E-state index < -0.39 is 5.60 Å². The molecule has 1 aliphatic heterocycles. The van der Waals surface area contributed by atoms with Crippen LogP contribution in [-0.4, -0.2) is 16.1 Å². The van der Waals surface area contributed by atoms with Gasteiger partial charge in [0.25, 0.3) is 0 Å². The van der Waals surface area contributed by atoms with Crippen molar-refractivity contribution < 1.29 is 5.11 Å². The second-order valence-electron chi connectivity index (χ2n) is 4.56. The lowest BCUT2D eigenvalue weighted by Crippen LogP contribution is -2.33. The average molecular weight is 222 g/mol. The molecule has 1 N–H and O–H groups in total. The van der Waals surface area contributed by atoms with E-state index in [2.05, 4.69) is 38.1 Å². The summed E-state index contributed by atoms with van der Waals surface area (Å²) in [6, 6.07) is 8.28. The van der Waals surface area contributed by atoms with Gasteiger partial charge in [0.05, 0.1) is 5.60 Å². The van der Waals surface area contributed by atoms with E-state index in [1.54, 1.807) is 0 Å². The van der Waals surface area contributed by atoms with Crippen LogP contribution in [0, 0.1) is 6.92 Å². The molecule has 0 aromatic heterocycles. The van der Waals surface area contributed by atoms with E-state index in [1.807, 2.05) is 11.8 Å². The Balaban J connectivity index is 2.18. The largest absolute Gasteiger partial charge is 0.384 e. The van der Waals surface area contributed by atoms with Crippen molar-refractivity contribution in [2.24, 2.45) is 0 Å². The van der Waals surface area contributed by atoms with E-state index in [-0.39, 0.29) is 0 Å². The fourth-order valence-electron chi connectivity index (χ4n) is 1.97. The molecule has 0 radical (unpaired) electrons. The summed E-state index contributed by atoms with van der Waals surface area (Å²) >= 11 is 1.87. The molecular formula is C13H18OS. The van der Waals surface area contributed by atoms with Gasteiger partial charge in [-0.2, -0.15) is 11.8 Å². The summed E-state index contributed by atoms with van der Waals surface area (Å²) in [4.78, 5) is 0. The topological polar surface area (TPSA) is 20.2 Å². The van der Waals surface area contributed by atoms with E-state index in [9.17, 15) is 5.11 Å². The highest BCUT2D eigenvalue weighted by Gasteiger charge is 2.33. The monoisotopic (exact) mass is 222 g/mol. The van der Waals surface area contributed by atoms with Gasteiger partial charge in [0.15, 0.2) is 0 Å². The van der Waals surface area contributed by atoms with Crippen LogP contribution in [0.1, 0.15) is 30.9 Å². The first-order valence-electron chi connectivity index (χ1n) is 5.51. The maximum Gasteiger partial charge on any atom is 0.0987 e. The number of aliphatic hydroxyl groups is 1. The summed E-state index contributed by atoms with van der Waals surface area (Å²) in [5, 5.41) is 11.2. The van der Waals surface area contributed by atoms with Crippen molar-refractivity contribution in [3.05, 3.63) is 35.4 Å². The molecule has 1 saturated heterocycles. The normalized spacial score (nSPS) is 31.5. The fraction of sp³-hybridized carbons (Fsp3) is 0.538. The van der Waals surface area contributed by atoms with E-state index >= 15 is 0 Å². The second kappa shape index (κ2) is 4.18. The Labute approximate surface area is 95.9 Å². The predicted molar refractivity (Wildman–Crippen MR) is 66.2 cm³/mol. The number of aryl methyl sites for hydroxylation is 1. The molecule has 15 heavy (non-hydrogen) atoms. The minimum atomic E-state index is -0.592. The van der Waals surface area contributed by atoms with Crippen LogP contribution in [0.4, 0.5) is 0 Å². The summed E-state index contributed by atoms with van der Waals surface area (Å²) in [6.07, 6.45) is 2.00. The second-order valence-corrected chi connectivity index (χ2v) is 5.98. The number of thioether (sulfide) groups is 1. The van der Waals surface area contributed by atoms with Gasteiger partial charge in [-0.05, 0) is 25.3 Å². The van der Waals surface area contributed by atoms with Crippen molar-refractivity contribution in [2.45, 2.75) is 37.5 Å². The van der Waals surface area contributed by atoms with E-state index in [0.29, 0.717) is 5.25 Å². The highest BCUT2D eigenvalue weighted by Crippen LogP contribution is 2.38. The maximum absolute atomic E-state index is 10.5. The Morgan fingerprint density at radius 2 is 2.00 bits per heavy atom. The van der Waals surface area contributed by atoms with Gasteiger partial charge >= 0.3 is 0 Å². The third-order valence-corrected chi connectivity index (χ3v) is 4.61. The molecule has 1 aromatic carbocycles. The third kappa shape index (κ3) is 2.37. The Kier molecular flexibility index (Phi) is 3.08.